The van der Waals surface area contributed by atoms with E-state index in [9.17, 15) is 19.8 Å². The zero-order valence-electron chi connectivity index (χ0n) is 14.6. The van der Waals surface area contributed by atoms with Crippen LogP contribution in [0.15, 0.2) is 42.3 Å². The van der Waals surface area contributed by atoms with Gasteiger partial charge < -0.3 is 14.9 Å². The highest BCUT2D eigenvalue weighted by Crippen LogP contribution is 2.41. The van der Waals surface area contributed by atoms with Crippen LogP contribution in [0.4, 0.5) is 5.69 Å². The molecule has 2 heterocycles. The number of thiazole rings is 1. The Bertz CT molecular complexity index is 1190. The monoisotopic (exact) mass is 451 g/mol. The molecule has 0 unspecified atom stereocenters. The average molecular weight is 452 g/mol. The lowest BCUT2D eigenvalue weighted by molar-refractivity contribution is -0.657. The lowest BCUT2D eigenvalue weighted by Crippen LogP contribution is -2.39. The number of fused-ring (bicyclic) bond motifs is 2. The second kappa shape index (κ2) is 7.55. The van der Waals surface area contributed by atoms with Crippen LogP contribution in [0.5, 0.6) is 5.75 Å². The number of benzene rings is 2. The largest absolute Gasteiger partial charge is 0.480 e. The van der Waals surface area contributed by atoms with Crippen LogP contribution in [0.2, 0.25) is 10.0 Å². The summed E-state index contributed by atoms with van der Waals surface area (Å²) in [6.45, 7) is -0.619. The molecule has 4 rings (SSSR count). The molecule has 0 fully saturated rings. The second-order valence-electron chi connectivity index (χ2n) is 6.21. The van der Waals surface area contributed by atoms with Gasteiger partial charge in [-0.05, 0) is 30.3 Å². The predicted octanol–water partition coefficient (Wildman–Crippen LogP) is 3.86. The summed E-state index contributed by atoms with van der Waals surface area (Å²) in [5.41, 5.74) is 1.19. The predicted molar refractivity (Wildman–Crippen MR) is 110 cm³/mol. The third-order valence-electron chi connectivity index (χ3n) is 4.22. The standard InChI is InChI=1S/C19H12Cl2N2O5S/c20-10-1-3-14-12(5-10)22(8-18(24)25)16(28-14)7-17-23(9-19(26)27)13-6-11(21)2-4-15(13)29-17/h1-7H,8-9H2,(H-,24,25,26,27)/p+1. The van der Waals surface area contributed by atoms with Crippen molar-refractivity contribution in [3.63, 3.8) is 0 Å². The molecule has 0 atom stereocenters. The van der Waals surface area contributed by atoms with E-state index in [0.717, 1.165) is 4.70 Å². The molecular formula is C19H13Cl2N2O5S+. The van der Waals surface area contributed by atoms with E-state index >= 15 is 0 Å². The topological polar surface area (TPSA) is 91.0 Å². The SMILES string of the molecule is O=C(O)CN1C(=Cc2sc3ccc(Cl)cc3[n+]2CC(=O)O)Oc2ccc(Cl)cc21. The van der Waals surface area contributed by atoms with Crippen LogP contribution in [-0.4, -0.2) is 28.7 Å². The summed E-state index contributed by atoms with van der Waals surface area (Å²) in [6.07, 6.45) is 1.62. The van der Waals surface area contributed by atoms with Crippen molar-refractivity contribution in [2.45, 2.75) is 6.54 Å². The molecule has 0 radical (unpaired) electrons. The van der Waals surface area contributed by atoms with Gasteiger partial charge in [0.15, 0.2) is 5.75 Å². The van der Waals surface area contributed by atoms with Gasteiger partial charge in [0, 0.05) is 16.1 Å². The van der Waals surface area contributed by atoms with E-state index in [4.69, 9.17) is 27.9 Å². The minimum atomic E-state index is -1.05. The first kappa shape index (κ1) is 19.5. The maximum absolute atomic E-state index is 11.4. The maximum Gasteiger partial charge on any atom is 0.370 e. The van der Waals surface area contributed by atoms with Crippen LogP contribution in [0.25, 0.3) is 16.3 Å². The molecule has 2 N–H and O–H groups in total. The van der Waals surface area contributed by atoms with Gasteiger partial charge in [-0.25, -0.2) is 4.79 Å². The van der Waals surface area contributed by atoms with Gasteiger partial charge in [0.2, 0.25) is 17.9 Å². The normalized spacial score (nSPS) is 14.3. The molecule has 1 aliphatic rings. The summed E-state index contributed by atoms with van der Waals surface area (Å²) in [6, 6.07) is 10.1. The van der Waals surface area contributed by atoms with Crippen molar-refractivity contribution in [1.82, 2.24) is 0 Å². The number of anilines is 1. The maximum atomic E-state index is 11.4. The van der Waals surface area contributed by atoms with E-state index in [1.165, 1.54) is 16.2 Å². The number of carboxylic acid groups (broad SMARTS) is 2. The molecule has 0 amide bonds. The first-order valence-corrected chi connectivity index (χ1v) is 9.91. The fourth-order valence-corrected chi connectivity index (χ4v) is 4.47. The molecule has 29 heavy (non-hydrogen) atoms. The highest BCUT2D eigenvalue weighted by molar-refractivity contribution is 7.18. The number of hydrogen-bond acceptors (Lipinski definition) is 5. The molecule has 0 aliphatic carbocycles. The third-order valence-corrected chi connectivity index (χ3v) is 5.80. The Labute approximate surface area is 178 Å². The van der Waals surface area contributed by atoms with E-state index in [1.807, 2.05) is 6.07 Å². The minimum absolute atomic E-state index is 0.265. The summed E-state index contributed by atoms with van der Waals surface area (Å²) >= 11 is 13.5. The molecule has 0 spiro atoms. The highest BCUT2D eigenvalue weighted by Gasteiger charge is 2.31. The lowest BCUT2D eigenvalue weighted by atomic mass is 10.3. The number of halogens is 2. The zero-order valence-corrected chi connectivity index (χ0v) is 17.0. The Hall–Kier alpha value is -2.81. The Morgan fingerprint density at radius 2 is 1.83 bits per heavy atom. The van der Waals surface area contributed by atoms with Crippen LogP contribution in [-0.2, 0) is 16.1 Å². The number of rotatable bonds is 5. The summed E-state index contributed by atoms with van der Waals surface area (Å²) in [4.78, 5) is 24.3. The zero-order chi connectivity index (χ0) is 20.7. The van der Waals surface area contributed by atoms with Crippen LogP contribution in [0, 0.1) is 0 Å². The number of aliphatic carboxylic acids is 2. The first-order chi connectivity index (χ1) is 13.8. The summed E-state index contributed by atoms with van der Waals surface area (Å²) in [5, 5.41) is 20.2. The van der Waals surface area contributed by atoms with Crippen molar-refractivity contribution < 1.29 is 29.1 Å². The minimum Gasteiger partial charge on any atom is -0.480 e. The van der Waals surface area contributed by atoms with Crippen molar-refractivity contribution in [2.24, 2.45) is 0 Å². The van der Waals surface area contributed by atoms with Crippen molar-refractivity contribution >= 4 is 68.5 Å². The van der Waals surface area contributed by atoms with Crippen LogP contribution in [0.3, 0.4) is 0 Å². The smallest absolute Gasteiger partial charge is 0.370 e. The lowest BCUT2D eigenvalue weighted by Gasteiger charge is -2.15. The van der Waals surface area contributed by atoms with E-state index in [2.05, 4.69) is 0 Å². The van der Waals surface area contributed by atoms with Gasteiger partial charge >= 0.3 is 11.9 Å². The van der Waals surface area contributed by atoms with Gasteiger partial charge in [0.25, 0.3) is 5.01 Å². The van der Waals surface area contributed by atoms with Gasteiger partial charge in [-0.3, -0.25) is 9.69 Å². The van der Waals surface area contributed by atoms with Gasteiger partial charge in [0.1, 0.15) is 11.2 Å². The van der Waals surface area contributed by atoms with Crippen molar-refractivity contribution in [2.75, 3.05) is 11.4 Å². The molecule has 3 aromatic rings. The van der Waals surface area contributed by atoms with E-state index < -0.39 is 11.9 Å². The second-order valence-corrected chi connectivity index (χ2v) is 8.14. The Morgan fingerprint density at radius 1 is 1.10 bits per heavy atom. The van der Waals surface area contributed by atoms with Gasteiger partial charge in [-0.1, -0.05) is 34.5 Å². The summed E-state index contributed by atoms with van der Waals surface area (Å²) in [5.74, 6) is -1.33. The average Bonchev–Trinajstić information content (AvgIpc) is 3.13. The van der Waals surface area contributed by atoms with Gasteiger partial charge in [-0.2, -0.15) is 4.57 Å². The number of nitrogens with zero attached hydrogens (tertiary/aromatic N) is 2. The molecular weight excluding hydrogens is 439 g/mol. The Kier molecular flexibility index (Phi) is 5.08. The Morgan fingerprint density at radius 3 is 2.55 bits per heavy atom. The number of ether oxygens (including phenoxy) is 1. The first-order valence-electron chi connectivity index (χ1n) is 8.34. The van der Waals surface area contributed by atoms with Crippen LogP contribution in [0.1, 0.15) is 5.01 Å². The number of carbonyl (C=O) groups is 2. The molecule has 1 aromatic heterocycles. The highest BCUT2D eigenvalue weighted by atomic mass is 35.5. The Balaban J connectivity index is 1.85. The molecule has 0 saturated heterocycles. The molecule has 0 saturated carbocycles. The fraction of sp³-hybridized carbons (Fsp3) is 0.105. The molecule has 148 valence electrons. The van der Waals surface area contributed by atoms with Gasteiger partial charge in [-0.15, -0.1) is 0 Å². The summed E-state index contributed by atoms with van der Waals surface area (Å²) < 4.78 is 8.28. The number of hydrogen-bond donors (Lipinski definition) is 2. The number of aromatic nitrogens is 1. The van der Waals surface area contributed by atoms with Crippen molar-refractivity contribution in [3.8, 4) is 5.75 Å². The van der Waals surface area contributed by atoms with E-state index in [-0.39, 0.29) is 19.0 Å². The molecule has 0 bridgehead atoms. The quantitative estimate of drug-likeness (QED) is 0.572. The van der Waals surface area contributed by atoms with Gasteiger partial charge in [0.05, 0.1) is 11.8 Å². The van der Waals surface area contributed by atoms with Crippen LogP contribution < -0.4 is 14.2 Å². The fourth-order valence-electron chi connectivity index (χ4n) is 3.07. The molecule has 2 aromatic carbocycles. The van der Waals surface area contributed by atoms with Crippen molar-refractivity contribution in [1.29, 1.82) is 0 Å². The molecule has 10 heteroatoms. The van der Waals surface area contributed by atoms with Crippen LogP contribution >= 0.6 is 34.5 Å². The van der Waals surface area contributed by atoms with E-state index in [0.29, 0.717) is 32.0 Å². The molecule has 1 aliphatic heterocycles. The summed E-state index contributed by atoms with van der Waals surface area (Å²) in [7, 11) is 0. The molecule has 7 nitrogen and oxygen atoms in total. The third kappa shape index (κ3) is 3.87. The van der Waals surface area contributed by atoms with E-state index in [1.54, 1.807) is 41.0 Å². The number of carboxylic acids is 2. The van der Waals surface area contributed by atoms with Crippen molar-refractivity contribution in [3.05, 3.63) is 57.3 Å².